The zero-order valence-electron chi connectivity index (χ0n) is 19.4. The summed E-state index contributed by atoms with van der Waals surface area (Å²) in [4.78, 5) is 24.6. The molecule has 178 valence electrons. The van der Waals surface area contributed by atoms with Gasteiger partial charge in [0.2, 0.25) is 0 Å². The second-order valence-corrected chi connectivity index (χ2v) is 10.2. The van der Waals surface area contributed by atoms with Crippen LogP contribution in [0.2, 0.25) is 0 Å². The Morgan fingerprint density at radius 3 is 2.53 bits per heavy atom. The third-order valence-electron chi connectivity index (χ3n) is 5.52. The Kier molecular flexibility index (Phi) is 6.43. The van der Waals surface area contributed by atoms with Crippen LogP contribution in [0.1, 0.15) is 24.2 Å². The number of nitrogens with zero attached hydrogens (tertiary/aromatic N) is 3. The van der Waals surface area contributed by atoms with Crippen molar-refractivity contribution in [3.8, 4) is 22.8 Å². The summed E-state index contributed by atoms with van der Waals surface area (Å²) >= 11 is 0. The molecule has 0 amide bonds. The van der Waals surface area contributed by atoms with Crippen molar-refractivity contribution in [2.75, 3.05) is 25.7 Å². The summed E-state index contributed by atoms with van der Waals surface area (Å²) in [5, 5.41) is 0. The molecular weight excluding hydrogens is 456 g/mol. The number of sulfone groups is 1. The summed E-state index contributed by atoms with van der Waals surface area (Å²) in [6, 6.07) is 9.87. The lowest BCUT2D eigenvalue weighted by Gasteiger charge is -2.20. The highest BCUT2D eigenvalue weighted by molar-refractivity contribution is 7.90. The largest absolute Gasteiger partial charge is 0.493 e. The monoisotopic (exact) mass is 482 g/mol. The van der Waals surface area contributed by atoms with Gasteiger partial charge < -0.3 is 14.5 Å². The van der Waals surface area contributed by atoms with Crippen LogP contribution in [0, 0.1) is 6.92 Å². The topological polar surface area (TPSA) is 116 Å². The molecule has 34 heavy (non-hydrogen) atoms. The fraction of sp³-hybridized carbons (Fsp3) is 0.292. The Morgan fingerprint density at radius 1 is 1.09 bits per heavy atom. The van der Waals surface area contributed by atoms with Crippen molar-refractivity contribution < 1.29 is 17.9 Å². The first kappa shape index (κ1) is 23.5. The third kappa shape index (κ3) is 4.67. The van der Waals surface area contributed by atoms with Crippen LogP contribution in [0.5, 0.6) is 11.5 Å². The third-order valence-corrected chi connectivity index (χ3v) is 6.44. The lowest BCUT2D eigenvalue weighted by molar-refractivity contribution is 0.310. The normalized spacial score (nSPS) is 12.6. The molecule has 1 atom stereocenters. The van der Waals surface area contributed by atoms with Gasteiger partial charge in [0.05, 0.1) is 47.9 Å². The maximum Gasteiger partial charge on any atom is 0.327 e. The van der Waals surface area contributed by atoms with Gasteiger partial charge in [-0.25, -0.2) is 13.2 Å². The molecule has 0 aliphatic heterocycles. The minimum absolute atomic E-state index is 0.261. The van der Waals surface area contributed by atoms with Gasteiger partial charge in [-0.1, -0.05) is 12.1 Å². The van der Waals surface area contributed by atoms with Gasteiger partial charge >= 0.3 is 5.69 Å². The minimum Gasteiger partial charge on any atom is -0.493 e. The first-order valence-corrected chi connectivity index (χ1v) is 12.8. The number of aryl methyl sites for hydroxylation is 1. The Morgan fingerprint density at radius 2 is 1.85 bits per heavy atom. The molecule has 0 fully saturated rings. The molecule has 0 saturated carbocycles. The van der Waals surface area contributed by atoms with Gasteiger partial charge in [-0.3, -0.25) is 14.5 Å². The summed E-state index contributed by atoms with van der Waals surface area (Å²) in [6.07, 6.45) is 4.39. The highest BCUT2D eigenvalue weighted by atomic mass is 32.2. The van der Waals surface area contributed by atoms with Crippen LogP contribution in [0.15, 0.2) is 53.6 Å². The first-order chi connectivity index (χ1) is 16.2. The lowest BCUT2D eigenvalue weighted by Crippen LogP contribution is -2.28. The smallest absolute Gasteiger partial charge is 0.327 e. The van der Waals surface area contributed by atoms with Gasteiger partial charge in [0.15, 0.2) is 11.5 Å². The quantitative estimate of drug-likeness (QED) is 0.410. The Labute approximate surface area is 197 Å². The van der Waals surface area contributed by atoms with Crippen LogP contribution in [-0.4, -0.2) is 53.7 Å². The number of ether oxygens (including phenoxy) is 2. The second kappa shape index (κ2) is 9.30. The molecule has 2 aromatic heterocycles. The highest BCUT2D eigenvalue weighted by Crippen LogP contribution is 2.33. The van der Waals surface area contributed by atoms with Crippen LogP contribution >= 0.6 is 0 Å². The van der Waals surface area contributed by atoms with Crippen molar-refractivity contribution in [1.29, 1.82) is 0 Å². The van der Waals surface area contributed by atoms with Crippen LogP contribution in [0.25, 0.3) is 22.3 Å². The molecule has 0 radical (unpaired) electrons. The van der Waals surface area contributed by atoms with E-state index < -0.39 is 21.6 Å². The lowest BCUT2D eigenvalue weighted by atomic mass is 10.1. The molecule has 0 aliphatic carbocycles. The van der Waals surface area contributed by atoms with Gasteiger partial charge in [0, 0.05) is 24.2 Å². The van der Waals surface area contributed by atoms with Gasteiger partial charge in [-0.05, 0) is 43.7 Å². The summed E-state index contributed by atoms with van der Waals surface area (Å²) in [6.45, 7) is 4.12. The number of H-pyrrole nitrogens is 1. The number of aromatic amines is 1. The number of nitrogens with one attached hydrogen (secondary N) is 1. The molecule has 4 rings (SSSR count). The van der Waals surface area contributed by atoms with E-state index in [1.807, 2.05) is 26.0 Å². The zero-order chi connectivity index (χ0) is 24.5. The summed E-state index contributed by atoms with van der Waals surface area (Å²) in [7, 11) is -1.91. The minimum atomic E-state index is -3.44. The van der Waals surface area contributed by atoms with E-state index in [0.717, 1.165) is 17.5 Å². The standard InChI is InChI=1S/C24H26N4O5S/c1-5-33-22-13-16(7-9-21(22)32-3)20(14-34(4,30)31)28-19-8-6-17(12-18(19)27-24(28)29)23-15(2)25-10-11-26-23/h6-13,20H,5,14H2,1-4H3,(H,27,29)/t20-/m1/s1. The predicted molar refractivity (Wildman–Crippen MR) is 130 cm³/mol. The predicted octanol–water partition coefficient (Wildman–Crippen LogP) is 3.14. The van der Waals surface area contributed by atoms with Gasteiger partial charge in [-0.2, -0.15) is 0 Å². The van der Waals surface area contributed by atoms with E-state index in [9.17, 15) is 13.2 Å². The van der Waals surface area contributed by atoms with E-state index >= 15 is 0 Å². The van der Waals surface area contributed by atoms with Crippen LogP contribution in [0.3, 0.4) is 0 Å². The van der Waals surface area contributed by atoms with Crippen LogP contribution in [0.4, 0.5) is 0 Å². The summed E-state index contributed by atoms with van der Waals surface area (Å²) in [5.74, 6) is 0.747. The molecular formula is C24H26N4O5S. The number of benzene rings is 2. The molecule has 2 aromatic carbocycles. The number of imidazole rings is 1. The number of methoxy groups -OCH3 is 1. The van der Waals surface area contributed by atoms with Crippen LogP contribution in [-0.2, 0) is 9.84 Å². The average Bonchev–Trinajstić information content (AvgIpc) is 3.12. The molecule has 2 heterocycles. The second-order valence-electron chi connectivity index (χ2n) is 7.97. The highest BCUT2D eigenvalue weighted by Gasteiger charge is 2.25. The SMILES string of the molecule is CCOc1cc([C@@H](CS(C)(=O)=O)n2c(=O)[nH]c3cc(-c4nccnc4C)ccc32)ccc1OC. The Balaban J connectivity index is 1.89. The number of rotatable bonds is 8. The molecule has 0 saturated heterocycles. The van der Waals surface area contributed by atoms with Gasteiger partial charge in [0.1, 0.15) is 9.84 Å². The van der Waals surface area contributed by atoms with E-state index in [1.165, 1.54) is 11.7 Å². The van der Waals surface area contributed by atoms with Crippen molar-refractivity contribution in [3.05, 3.63) is 70.5 Å². The van der Waals surface area contributed by atoms with E-state index in [0.29, 0.717) is 40.4 Å². The van der Waals surface area contributed by atoms with Crippen molar-refractivity contribution in [3.63, 3.8) is 0 Å². The number of aromatic nitrogens is 4. The molecule has 0 unspecified atom stereocenters. The van der Waals surface area contributed by atoms with Crippen molar-refractivity contribution >= 4 is 20.9 Å². The van der Waals surface area contributed by atoms with Gasteiger partial charge in [0.25, 0.3) is 0 Å². The zero-order valence-corrected chi connectivity index (χ0v) is 20.2. The maximum atomic E-state index is 13.1. The Hall–Kier alpha value is -3.66. The molecule has 1 N–H and O–H groups in total. The molecule has 0 spiro atoms. The maximum absolute atomic E-state index is 13.1. The van der Waals surface area contributed by atoms with E-state index in [4.69, 9.17) is 9.47 Å². The summed E-state index contributed by atoms with van der Waals surface area (Å²) in [5.41, 5.74) is 3.64. The average molecular weight is 483 g/mol. The molecule has 0 bridgehead atoms. The molecule has 0 aliphatic rings. The van der Waals surface area contributed by atoms with E-state index in [-0.39, 0.29) is 5.75 Å². The Bertz CT molecular complexity index is 1510. The fourth-order valence-corrected chi connectivity index (χ4v) is 4.97. The van der Waals surface area contributed by atoms with Crippen molar-refractivity contribution in [2.45, 2.75) is 19.9 Å². The van der Waals surface area contributed by atoms with Crippen LogP contribution < -0.4 is 15.2 Å². The summed E-state index contributed by atoms with van der Waals surface area (Å²) < 4.78 is 37.2. The number of hydrogen-bond acceptors (Lipinski definition) is 7. The fourth-order valence-electron chi connectivity index (χ4n) is 4.05. The van der Waals surface area contributed by atoms with Crippen molar-refractivity contribution in [2.24, 2.45) is 0 Å². The molecule has 4 aromatic rings. The van der Waals surface area contributed by atoms with E-state index in [2.05, 4.69) is 15.0 Å². The molecule has 9 nitrogen and oxygen atoms in total. The first-order valence-electron chi connectivity index (χ1n) is 10.7. The number of hydrogen-bond donors (Lipinski definition) is 1. The number of fused-ring (bicyclic) bond motifs is 1. The van der Waals surface area contributed by atoms with Gasteiger partial charge in [-0.15, -0.1) is 0 Å². The van der Waals surface area contributed by atoms with Crippen molar-refractivity contribution in [1.82, 2.24) is 19.5 Å². The van der Waals surface area contributed by atoms with E-state index in [1.54, 1.807) is 36.7 Å². The molecule has 10 heteroatoms.